The summed E-state index contributed by atoms with van der Waals surface area (Å²) in [5.41, 5.74) is 4.91. The molecule has 3 aliphatic rings. The van der Waals surface area contributed by atoms with Gasteiger partial charge in [0.25, 0.3) is 0 Å². The molecule has 1 saturated carbocycles. The topological polar surface area (TPSA) is 128 Å². The van der Waals surface area contributed by atoms with Crippen molar-refractivity contribution in [2.24, 2.45) is 10.5 Å². The molecular formula is C19H23N3O5. The smallest absolute Gasteiger partial charge is 0.412 e. The van der Waals surface area contributed by atoms with Crippen LogP contribution in [-0.4, -0.2) is 39.9 Å². The number of fused-ring (bicyclic) bond motifs is 1. The number of carboxylic acid groups (broad SMARTS) is 1. The van der Waals surface area contributed by atoms with Crippen LogP contribution < -0.4 is 10.7 Å². The maximum absolute atomic E-state index is 12.9. The molecule has 1 atom stereocenters. The van der Waals surface area contributed by atoms with Crippen LogP contribution in [-0.2, 0) is 4.79 Å². The number of urea groups is 1. The molecule has 3 rings (SSSR count). The fraction of sp³-hybridized carbons (Fsp3) is 0.474. The first kappa shape index (κ1) is 19.0. The minimum atomic E-state index is -1.46. The predicted molar refractivity (Wildman–Crippen MR) is 98.2 cm³/mol. The van der Waals surface area contributed by atoms with E-state index in [4.69, 9.17) is 5.11 Å². The van der Waals surface area contributed by atoms with Gasteiger partial charge in [-0.3, -0.25) is 4.79 Å². The Morgan fingerprint density at radius 3 is 2.59 bits per heavy atom. The summed E-state index contributed by atoms with van der Waals surface area (Å²) in [6, 6.07) is -0.923. The molecule has 0 unspecified atom stereocenters. The van der Waals surface area contributed by atoms with Crippen molar-refractivity contribution in [1.29, 1.82) is 0 Å². The number of ketones is 1. The Hall–Kier alpha value is -2.74. The number of rotatable bonds is 4. The fourth-order valence-electron chi connectivity index (χ4n) is 4.24. The standard InChI is InChI=1S/C19H23N3O5/c1-10-9-13-14(11(2)19(6-7-19)18(3,27)15(13)23)12(10)5-4-8-20-22-16(24)21-17(25)26/h8-9,27H,4-7H2,1-3H3,(H,25,26)(H2,21,22,24)/t18-/m1/s1. The van der Waals surface area contributed by atoms with E-state index >= 15 is 0 Å². The molecule has 0 aromatic rings. The van der Waals surface area contributed by atoms with Gasteiger partial charge < -0.3 is 10.2 Å². The third-order valence-electron chi connectivity index (χ3n) is 5.87. The molecular weight excluding hydrogens is 350 g/mol. The molecule has 8 heteroatoms. The van der Waals surface area contributed by atoms with Gasteiger partial charge in [-0.15, -0.1) is 0 Å². The van der Waals surface area contributed by atoms with E-state index in [2.05, 4.69) is 10.5 Å². The number of aliphatic hydroxyl groups is 1. The van der Waals surface area contributed by atoms with Crippen LogP contribution >= 0.6 is 0 Å². The number of nitrogens with one attached hydrogen (secondary N) is 2. The lowest BCUT2D eigenvalue weighted by Gasteiger charge is -2.39. The Kier molecular flexibility index (Phi) is 4.55. The molecule has 8 nitrogen and oxygen atoms in total. The lowest BCUT2D eigenvalue weighted by molar-refractivity contribution is -0.137. The van der Waals surface area contributed by atoms with Crippen molar-refractivity contribution >= 4 is 24.1 Å². The second kappa shape index (κ2) is 6.45. The Morgan fingerprint density at radius 2 is 2.00 bits per heavy atom. The van der Waals surface area contributed by atoms with Crippen molar-refractivity contribution in [3.63, 3.8) is 0 Å². The summed E-state index contributed by atoms with van der Waals surface area (Å²) in [6.45, 7) is 5.57. The molecule has 0 aliphatic heterocycles. The van der Waals surface area contributed by atoms with Gasteiger partial charge >= 0.3 is 12.1 Å². The molecule has 1 spiro atoms. The Morgan fingerprint density at radius 1 is 1.33 bits per heavy atom. The summed E-state index contributed by atoms with van der Waals surface area (Å²) in [4.78, 5) is 34.3. The SMILES string of the molecule is CC1=C(CCC=NNC(=O)NC(=O)O)C2=C(C)C3(CC3)[C@](C)(O)C(=O)C2=C1. The number of amides is 3. The van der Waals surface area contributed by atoms with Crippen LogP contribution in [0.1, 0.15) is 46.5 Å². The Bertz CT molecular complexity index is 857. The van der Waals surface area contributed by atoms with Gasteiger partial charge in [-0.05, 0) is 69.2 Å². The van der Waals surface area contributed by atoms with Gasteiger partial charge in [0, 0.05) is 17.2 Å². The number of Topliss-reactive ketones (excluding diaryl/α,β-unsaturated/α-hetero) is 1. The van der Waals surface area contributed by atoms with Gasteiger partial charge in [0.15, 0.2) is 5.78 Å². The largest absolute Gasteiger partial charge is 0.465 e. The molecule has 1 fully saturated rings. The number of carbonyl (C=O) groups excluding carboxylic acids is 2. The van der Waals surface area contributed by atoms with Crippen LogP contribution in [0.4, 0.5) is 9.59 Å². The number of allylic oxidation sites excluding steroid dienone is 4. The van der Waals surface area contributed by atoms with Gasteiger partial charge in [0.1, 0.15) is 5.60 Å². The molecule has 0 heterocycles. The molecule has 144 valence electrons. The van der Waals surface area contributed by atoms with Crippen LogP contribution in [0.3, 0.4) is 0 Å². The number of imide groups is 1. The van der Waals surface area contributed by atoms with Gasteiger partial charge in [-0.1, -0.05) is 5.57 Å². The van der Waals surface area contributed by atoms with Crippen molar-refractivity contribution in [1.82, 2.24) is 10.7 Å². The van der Waals surface area contributed by atoms with Gasteiger partial charge in [-0.25, -0.2) is 20.3 Å². The van der Waals surface area contributed by atoms with E-state index in [9.17, 15) is 19.5 Å². The lowest BCUT2D eigenvalue weighted by atomic mass is 9.67. The summed E-state index contributed by atoms with van der Waals surface area (Å²) in [7, 11) is 0. The highest BCUT2D eigenvalue weighted by molar-refractivity contribution is 6.10. The molecule has 0 aromatic heterocycles. The third kappa shape index (κ3) is 2.99. The number of hydrazone groups is 1. The molecule has 3 aliphatic carbocycles. The molecule has 3 amide bonds. The Balaban J connectivity index is 1.72. The minimum Gasteiger partial charge on any atom is -0.465 e. The molecule has 4 N–H and O–H groups in total. The van der Waals surface area contributed by atoms with E-state index in [0.29, 0.717) is 18.4 Å². The van der Waals surface area contributed by atoms with Crippen molar-refractivity contribution in [2.75, 3.05) is 0 Å². The van der Waals surface area contributed by atoms with Crippen LogP contribution in [0.15, 0.2) is 39.0 Å². The molecule has 0 saturated heterocycles. The first-order valence-corrected chi connectivity index (χ1v) is 8.84. The zero-order valence-electron chi connectivity index (χ0n) is 15.5. The zero-order valence-corrected chi connectivity index (χ0v) is 15.5. The normalized spacial score (nSPS) is 25.8. The van der Waals surface area contributed by atoms with E-state index in [0.717, 1.165) is 35.1 Å². The summed E-state index contributed by atoms with van der Waals surface area (Å²) in [6.07, 6.45) is 4.63. The molecule has 0 radical (unpaired) electrons. The van der Waals surface area contributed by atoms with Crippen LogP contribution in [0.25, 0.3) is 0 Å². The maximum atomic E-state index is 12.9. The summed E-state index contributed by atoms with van der Waals surface area (Å²) >= 11 is 0. The van der Waals surface area contributed by atoms with E-state index in [1.807, 2.05) is 19.9 Å². The zero-order chi connectivity index (χ0) is 20.0. The lowest BCUT2D eigenvalue weighted by Crippen LogP contribution is -2.49. The average Bonchev–Trinajstić information content (AvgIpc) is 3.32. The van der Waals surface area contributed by atoms with Gasteiger partial charge in [0.05, 0.1) is 0 Å². The van der Waals surface area contributed by atoms with Crippen molar-refractivity contribution < 1.29 is 24.6 Å². The summed E-state index contributed by atoms with van der Waals surface area (Å²) in [5, 5.41) is 24.6. The quantitative estimate of drug-likeness (QED) is 0.444. The maximum Gasteiger partial charge on any atom is 0.412 e. The first-order chi connectivity index (χ1) is 12.6. The molecule has 0 bridgehead atoms. The summed E-state index contributed by atoms with van der Waals surface area (Å²) < 4.78 is 0. The van der Waals surface area contributed by atoms with Gasteiger partial charge in [0.2, 0.25) is 0 Å². The van der Waals surface area contributed by atoms with Crippen LogP contribution in [0, 0.1) is 5.41 Å². The van der Waals surface area contributed by atoms with E-state index in [-0.39, 0.29) is 5.78 Å². The highest BCUT2D eigenvalue weighted by atomic mass is 16.4. The molecule has 0 aromatic carbocycles. The van der Waals surface area contributed by atoms with Crippen LogP contribution in [0.2, 0.25) is 0 Å². The molecule has 27 heavy (non-hydrogen) atoms. The predicted octanol–water partition coefficient (Wildman–Crippen LogP) is 2.42. The van der Waals surface area contributed by atoms with Crippen LogP contribution in [0.5, 0.6) is 0 Å². The minimum absolute atomic E-state index is 0.212. The van der Waals surface area contributed by atoms with Crippen molar-refractivity contribution in [3.8, 4) is 0 Å². The highest BCUT2D eigenvalue weighted by Crippen LogP contribution is 2.65. The third-order valence-corrected chi connectivity index (χ3v) is 5.87. The van der Waals surface area contributed by atoms with Gasteiger partial charge in [-0.2, -0.15) is 5.10 Å². The first-order valence-electron chi connectivity index (χ1n) is 8.84. The average molecular weight is 373 g/mol. The highest BCUT2D eigenvalue weighted by Gasteiger charge is 2.64. The second-order valence-corrected chi connectivity index (χ2v) is 7.42. The van der Waals surface area contributed by atoms with Crippen molar-refractivity contribution in [3.05, 3.63) is 33.9 Å². The van der Waals surface area contributed by atoms with E-state index < -0.39 is 23.1 Å². The summed E-state index contributed by atoms with van der Waals surface area (Å²) in [5.74, 6) is -0.212. The fourth-order valence-corrected chi connectivity index (χ4v) is 4.24. The van der Waals surface area contributed by atoms with E-state index in [1.54, 1.807) is 12.2 Å². The monoisotopic (exact) mass is 373 g/mol. The van der Waals surface area contributed by atoms with Crippen molar-refractivity contribution in [2.45, 2.75) is 52.1 Å². The number of carbonyl (C=O) groups is 3. The number of hydrogen-bond acceptors (Lipinski definition) is 5. The Labute approximate surface area is 156 Å². The second-order valence-electron chi connectivity index (χ2n) is 7.42. The number of hydrogen-bond donors (Lipinski definition) is 4. The van der Waals surface area contributed by atoms with E-state index in [1.165, 1.54) is 6.21 Å². The number of nitrogens with zero attached hydrogens (tertiary/aromatic N) is 1.